The summed E-state index contributed by atoms with van der Waals surface area (Å²) in [7, 11) is 0. The van der Waals surface area contributed by atoms with Crippen molar-refractivity contribution >= 4 is 5.91 Å². The summed E-state index contributed by atoms with van der Waals surface area (Å²) >= 11 is 0. The number of aromatic nitrogens is 3. The molecular weight excluding hydrogens is 230 g/mol. The van der Waals surface area contributed by atoms with Gasteiger partial charge in [0.25, 0.3) is 5.91 Å². The van der Waals surface area contributed by atoms with E-state index in [-0.39, 0.29) is 5.69 Å². The van der Waals surface area contributed by atoms with Crippen LogP contribution in [-0.2, 0) is 13.1 Å². The molecular formula is C12H15N5O. The first kappa shape index (κ1) is 12.3. The summed E-state index contributed by atoms with van der Waals surface area (Å²) in [6.45, 7) is 2.85. The Morgan fingerprint density at radius 1 is 1.28 bits per heavy atom. The number of nitrogens with two attached hydrogens (primary N) is 2. The Kier molecular flexibility index (Phi) is 3.38. The van der Waals surface area contributed by atoms with Gasteiger partial charge in [0.1, 0.15) is 0 Å². The summed E-state index contributed by atoms with van der Waals surface area (Å²) in [4.78, 5) is 11.1. The summed E-state index contributed by atoms with van der Waals surface area (Å²) in [6, 6.07) is 7.90. The number of primary amides is 1. The van der Waals surface area contributed by atoms with Crippen molar-refractivity contribution < 1.29 is 4.79 Å². The molecule has 0 aliphatic rings. The van der Waals surface area contributed by atoms with E-state index in [1.54, 1.807) is 11.6 Å². The zero-order valence-electron chi connectivity index (χ0n) is 10.1. The minimum atomic E-state index is -0.558. The molecule has 0 atom stereocenters. The van der Waals surface area contributed by atoms with Crippen molar-refractivity contribution in [2.24, 2.45) is 11.5 Å². The van der Waals surface area contributed by atoms with Crippen LogP contribution in [0.15, 0.2) is 24.3 Å². The van der Waals surface area contributed by atoms with Crippen LogP contribution in [0.5, 0.6) is 0 Å². The van der Waals surface area contributed by atoms with Crippen LogP contribution in [0.25, 0.3) is 0 Å². The van der Waals surface area contributed by atoms with Gasteiger partial charge in [0.15, 0.2) is 5.69 Å². The van der Waals surface area contributed by atoms with E-state index in [1.807, 2.05) is 24.3 Å². The van der Waals surface area contributed by atoms with Crippen molar-refractivity contribution in [3.63, 3.8) is 0 Å². The van der Waals surface area contributed by atoms with Crippen LogP contribution in [0.1, 0.15) is 27.3 Å². The van der Waals surface area contributed by atoms with Gasteiger partial charge in [0.2, 0.25) is 0 Å². The smallest absolute Gasteiger partial charge is 0.271 e. The van der Waals surface area contributed by atoms with Gasteiger partial charge in [-0.1, -0.05) is 29.5 Å². The Morgan fingerprint density at radius 3 is 2.39 bits per heavy atom. The van der Waals surface area contributed by atoms with Gasteiger partial charge in [-0.3, -0.25) is 4.79 Å². The molecule has 94 valence electrons. The second-order valence-corrected chi connectivity index (χ2v) is 4.07. The molecule has 0 radical (unpaired) electrons. The lowest BCUT2D eigenvalue weighted by molar-refractivity contribution is 0.0995. The van der Waals surface area contributed by atoms with Crippen molar-refractivity contribution in [1.29, 1.82) is 0 Å². The Labute approximate surface area is 105 Å². The second kappa shape index (κ2) is 4.97. The zero-order valence-corrected chi connectivity index (χ0v) is 10.1. The SMILES string of the molecule is Cc1c(C(N)=O)nnn1Cc1ccc(CN)cc1. The molecule has 0 saturated carbocycles. The first-order valence-corrected chi connectivity index (χ1v) is 5.59. The number of carbonyl (C=O) groups excluding carboxylic acids is 1. The number of carbonyl (C=O) groups is 1. The van der Waals surface area contributed by atoms with Crippen molar-refractivity contribution in [2.75, 3.05) is 0 Å². The van der Waals surface area contributed by atoms with Crippen molar-refractivity contribution in [2.45, 2.75) is 20.0 Å². The topological polar surface area (TPSA) is 99.8 Å². The molecule has 4 N–H and O–H groups in total. The third-order valence-electron chi connectivity index (χ3n) is 2.81. The normalized spacial score (nSPS) is 10.6. The highest BCUT2D eigenvalue weighted by atomic mass is 16.1. The first-order valence-electron chi connectivity index (χ1n) is 5.59. The maximum atomic E-state index is 11.1. The molecule has 0 saturated heterocycles. The minimum absolute atomic E-state index is 0.216. The third-order valence-corrected chi connectivity index (χ3v) is 2.81. The first-order chi connectivity index (χ1) is 8.61. The number of rotatable bonds is 4. The van der Waals surface area contributed by atoms with Crippen molar-refractivity contribution in [3.8, 4) is 0 Å². The Morgan fingerprint density at radius 2 is 1.89 bits per heavy atom. The van der Waals surface area contributed by atoms with Gasteiger partial charge in [0, 0.05) is 6.54 Å². The van der Waals surface area contributed by atoms with Crippen molar-refractivity contribution in [1.82, 2.24) is 15.0 Å². The number of nitrogens with zero attached hydrogens (tertiary/aromatic N) is 3. The molecule has 2 rings (SSSR count). The van der Waals surface area contributed by atoms with Crippen LogP contribution in [-0.4, -0.2) is 20.9 Å². The second-order valence-electron chi connectivity index (χ2n) is 4.07. The van der Waals surface area contributed by atoms with E-state index in [0.717, 1.165) is 11.1 Å². The molecule has 0 spiro atoms. The molecule has 6 heteroatoms. The van der Waals surface area contributed by atoms with E-state index < -0.39 is 5.91 Å². The quantitative estimate of drug-likeness (QED) is 0.803. The van der Waals surface area contributed by atoms with Gasteiger partial charge in [0.05, 0.1) is 12.2 Å². The molecule has 0 fully saturated rings. The van der Waals surface area contributed by atoms with Crippen LogP contribution in [0, 0.1) is 6.92 Å². The predicted octanol–water partition coefficient (Wildman–Crippen LogP) is 0.192. The van der Waals surface area contributed by atoms with Crippen LogP contribution in [0.4, 0.5) is 0 Å². The number of hydrogen-bond acceptors (Lipinski definition) is 4. The van der Waals surface area contributed by atoms with Crippen LogP contribution in [0.2, 0.25) is 0 Å². The van der Waals surface area contributed by atoms with Gasteiger partial charge in [-0.25, -0.2) is 4.68 Å². The lowest BCUT2D eigenvalue weighted by Gasteiger charge is -2.04. The van der Waals surface area contributed by atoms with E-state index in [1.165, 1.54) is 0 Å². The molecule has 6 nitrogen and oxygen atoms in total. The Hall–Kier alpha value is -2.21. The molecule has 1 aromatic carbocycles. The molecule has 2 aromatic rings. The lowest BCUT2D eigenvalue weighted by Crippen LogP contribution is -2.13. The Bertz CT molecular complexity index is 558. The van der Waals surface area contributed by atoms with E-state index in [4.69, 9.17) is 11.5 Å². The number of hydrogen-bond donors (Lipinski definition) is 2. The highest BCUT2D eigenvalue weighted by Crippen LogP contribution is 2.09. The average molecular weight is 245 g/mol. The highest BCUT2D eigenvalue weighted by Gasteiger charge is 2.13. The molecule has 1 amide bonds. The molecule has 0 aliphatic carbocycles. The molecule has 0 bridgehead atoms. The van der Waals surface area contributed by atoms with Gasteiger partial charge in [-0.2, -0.15) is 0 Å². The van der Waals surface area contributed by atoms with Crippen LogP contribution in [0.3, 0.4) is 0 Å². The summed E-state index contributed by atoms with van der Waals surface area (Å²) in [5, 5.41) is 7.68. The lowest BCUT2D eigenvalue weighted by atomic mass is 10.1. The molecule has 1 heterocycles. The van der Waals surface area contributed by atoms with Gasteiger partial charge >= 0.3 is 0 Å². The number of benzene rings is 1. The van der Waals surface area contributed by atoms with E-state index in [0.29, 0.717) is 18.8 Å². The van der Waals surface area contributed by atoms with Gasteiger partial charge in [-0.15, -0.1) is 5.10 Å². The zero-order chi connectivity index (χ0) is 13.1. The average Bonchev–Trinajstić information content (AvgIpc) is 2.72. The fourth-order valence-electron chi connectivity index (χ4n) is 1.69. The van der Waals surface area contributed by atoms with Crippen LogP contribution >= 0.6 is 0 Å². The van der Waals surface area contributed by atoms with Gasteiger partial charge < -0.3 is 11.5 Å². The standard InChI is InChI=1S/C12H15N5O/c1-8-11(12(14)18)15-16-17(8)7-10-4-2-9(6-13)3-5-10/h2-5H,6-7,13H2,1H3,(H2,14,18). The third kappa shape index (κ3) is 2.38. The molecule has 18 heavy (non-hydrogen) atoms. The summed E-state index contributed by atoms with van der Waals surface area (Å²) in [5.74, 6) is -0.558. The summed E-state index contributed by atoms with van der Waals surface area (Å²) in [5.41, 5.74) is 13.8. The summed E-state index contributed by atoms with van der Waals surface area (Å²) < 4.78 is 1.65. The maximum absolute atomic E-state index is 11.1. The summed E-state index contributed by atoms with van der Waals surface area (Å²) in [6.07, 6.45) is 0. The van der Waals surface area contributed by atoms with Crippen LogP contribution < -0.4 is 11.5 Å². The largest absolute Gasteiger partial charge is 0.364 e. The van der Waals surface area contributed by atoms with Gasteiger partial charge in [-0.05, 0) is 18.1 Å². The van der Waals surface area contributed by atoms with E-state index >= 15 is 0 Å². The maximum Gasteiger partial charge on any atom is 0.271 e. The Balaban J connectivity index is 2.20. The molecule has 1 aromatic heterocycles. The molecule has 0 unspecified atom stereocenters. The predicted molar refractivity (Wildman–Crippen MR) is 66.7 cm³/mol. The monoisotopic (exact) mass is 245 g/mol. The minimum Gasteiger partial charge on any atom is -0.364 e. The van der Waals surface area contributed by atoms with E-state index in [9.17, 15) is 4.79 Å². The molecule has 0 aliphatic heterocycles. The fraction of sp³-hybridized carbons (Fsp3) is 0.250. The van der Waals surface area contributed by atoms with Crippen molar-refractivity contribution in [3.05, 3.63) is 46.8 Å². The number of amides is 1. The van der Waals surface area contributed by atoms with E-state index in [2.05, 4.69) is 10.3 Å². The highest BCUT2D eigenvalue weighted by molar-refractivity contribution is 5.91. The fourth-order valence-corrected chi connectivity index (χ4v) is 1.69.